The van der Waals surface area contributed by atoms with Gasteiger partial charge in [0.1, 0.15) is 0 Å². The normalized spacial score (nSPS) is 15.7. The molecule has 0 aliphatic heterocycles. The first kappa shape index (κ1) is 16.7. The molecular weight excluding hydrogens is 302 g/mol. The highest BCUT2D eigenvalue weighted by molar-refractivity contribution is 5.98. The van der Waals surface area contributed by atoms with Crippen molar-refractivity contribution in [1.82, 2.24) is 10.6 Å². The number of carbonyl (C=O) groups is 3. The third-order valence-corrected chi connectivity index (χ3v) is 3.61. The Bertz CT molecular complexity index is 599. The molecule has 1 fully saturated rings. The van der Waals surface area contributed by atoms with Crippen LogP contribution in [0.2, 0.25) is 0 Å². The molecule has 1 aliphatic carbocycles. The smallest absolute Gasteiger partial charge is 0.405 e. The van der Waals surface area contributed by atoms with E-state index in [9.17, 15) is 19.6 Å². The first-order valence-corrected chi connectivity index (χ1v) is 7.48. The molecule has 1 aromatic rings. The monoisotopic (exact) mass is 321 g/mol. The molecule has 0 spiro atoms. The van der Waals surface area contributed by atoms with Crippen molar-refractivity contribution in [3.63, 3.8) is 0 Å². The Morgan fingerprint density at radius 2 is 2.00 bits per heavy atom. The van der Waals surface area contributed by atoms with Crippen molar-refractivity contribution in [2.24, 2.45) is 0 Å². The fraction of sp³-hybridized carbons (Fsp3) is 0.467. The second-order valence-corrected chi connectivity index (χ2v) is 5.40. The topological polar surface area (TPSA) is 111 Å². The van der Waals surface area contributed by atoms with E-state index in [-0.39, 0.29) is 11.7 Å². The molecule has 23 heavy (non-hydrogen) atoms. The van der Waals surface area contributed by atoms with E-state index in [2.05, 4.69) is 10.6 Å². The minimum Gasteiger partial charge on any atom is -0.618 e. The van der Waals surface area contributed by atoms with E-state index in [0.29, 0.717) is 4.73 Å². The van der Waals surface area contributed by atoms with E-state index in [1.807, 2.05) is 0 Å². The van der Waals surface area contributed by atoms with Crippen LogP contribution in [0.15, 0.2) is 24.4 Å². The molecular formula is C15H19N3O5. The van der Waals surface area contributed by atoms with E-state index in [4.69, 9.17) is 4.74 Å². The van der Waals surface area contributed by atoms with Gasteiger partial charge in [0.05, 0.1) is 0 Å². The van der Waals surface area contributed by atoms with Gasteiger partial charge in [-0.05, 0) is 25.8 Å². The molecule has 0 aromatic carbocycles. The van der Waals surface area contributed by atoms with Gasteiger partial charge >= 0.3 is 17.7 Å². The van der Waals surface area contributed by atoms with Crippen LogP contribution in [0.3, 0.4) is 0 Å². The van der Waals surface area contributed by atoms with Crippen molar-refractivity contribution < 1.29 is 23.9 Å². The maximum Gasteiger partial charge on any atom is 0.405 e. The Morgan fingerprint density at radius 3 is 2.65 bits per heavy atom. The van der Waals surface area contributed by atoms with Crippen molar-refractivity contribution >= 4 is 17.9 Å². The van der Waals surface area contributed by atoms with Crippen LogP contribution in [-0.4, -0.2) is 30.1 Å². The van der Waals surface area contributed by atoms with Crippen LogP contribution in [0.25, 0.3) is 0 Å². The van der Waals surface area contributed by atoms with Gasteiger partial charge in [0.25, 0.3) is 5.91 Å². The summed E-state index contributed by atoms with van der Waals surface area (Å²) in [6, 6.07) is 3.72. The number of hydrogen-bond acceptors (Lipinski definition) is 5. The van der Waals surface area contributed by atoms with Crippen LogP contribution in [0.4, 0.5) is 4.79 Å². The fourth-order valence-electron chi connectivity index (χ4n) is 2.37. The first-order chi connectivity index (χ1) is 11.0. The number of ether oxygens (including phenoxy) is 1. The molecule has 8 heteroatoms. The summed E-state index contributed by atoms with van der Waals surface area (Å²) in [6.45, 7) is 1.33. The maximum absolute atomic E-state index is 11.8. The largest absolute Gasteiger partial charge is 0.618 e. The zero-order chi connectivity index (χ0) is 16.8. The van der Waals surface area contributed by atoms with Gasteiger partial charge in [-0.25, -0.2) is 9.59 Å². The number of hydrogen-bond donors (Lipinski definition) is 2. The summed E-state index contributed by atoms with van der Waals surface area (Å²) in [5.41, 5.74) is -0.234. The van der Waals surface area contributed by atoms with Crippen molar-refractivity contribution in [3.8, 4) is 0 Å². The summed E-state index contributed by atoms with van der Waals surface area (Å²) in [5, 5.41) is 16.3. The van der Waals surface area contributed by atoms with Gasteiger partial charge in [0.2, 0.25) is 0 Å². The van der Waals surface area contributed by atoms with Crippen molar-refractivity contribution in [1.29, 1.82) is 0 Å². The Balaban J connectivity index is 1.83. The second kappa shape index (κ2) is 7.57. The minimum absolute atomic E-state index is 0.0735. The van der Waals surface area contributed by atoms with Gasteiger partial charge < -0.3 is 15.3 Å². The van der Waals surface area contributed by atoms with Gasteiger partial charge in [-0.3, -0.25) is 10.1 Å². The molecule has 1 aromatic heterocycles. The SMILES string of the molecule is C[C@H](OC(=O)c1cccc[n+]1[O-])C(=O)NC(=O)NC1CCCC1. The van der Waals surface area contributed by atoms with E-state index >= 15 is 0 Å². The third-order valence-electron chi connectivity index (χ3n) is 3.61. The first-order valence-electron chi connectivity index (χ1n) is 7.48. The molecule has 2 rings (SSSR count). The summed E-state index contributed by atoms with van der Waals surface area (Å²) in [5.74, 6) is -1.68. The zero-order valence-electron chi connectivity index (χ0n) is 12.8. The molecule has 0 radical (unpaired) electrons. The Hall–Kier alpha value is -2.64. The molecule has 2 N–H and O–H groups in total. The van der Waals surface area contributed by atoms with Gasteiger partial charge in [0.15, 0.2) is 12.3 Å². The molecule has 8 nitrogen and oxygen atoms in total. The van der Waals surface area contributed by atoms with Gasteiger partial charge in [-0.15, -0.1) is 0 Å². The van der Waals surface area contributed by atoms with Crippen LogP contribution in [0.5, 0.6) is 0 Å². The number of nitrogens with one attached hydrogen (secondary N) is 2. The molecule has 1 aliphatic rings. The van der Waals surface area contributed by atoms with Gasteiger partial charge in [-0.1, -0.05) is 12.8 Å². The fourth-order valence-corrected chi connectivity index (χ4v) is 2.37. The van der Waals surface area contributed by atoms with E-state index in [0.717, 1.165) is 31.9 Å². The average molecular weight is 321 g/mol. The van der Waals surface area contributed by atoms with Crippen molar-refractivity contribution in [3.05, 3.63) is 35.3 Å². The summed E-state index contributed by atoms with van der Waals surface area (Å²) in [4.78, 5) is 35.4. The number of imide groups is 1. The molecule has 1 heterocycles. The lowest BCUT2D eigenvalue weighted by atomic mass is 10.2. The summed E-state index contributed by atoms with van der Waals surface area (Å²) < 4.78 is 5.25. The number of carbonyl (C=O) groups excluding carboxylic acids is 3. The molecule has 0 bridgehead atoms. The average Bonchev–Trinajstić information content (AvgIpc) is 3.00. The highest BCUT2D eigenvalue weighted by Gasteiger charge is 2.25. The number of esters is 1. The lowest BCUT2D eigenvalue weighted by molar-refractivity contribution is -0.608. The van der Waals surface area contributed by atoms with E-state index in [1.165, 1.54) is 25.1 Å². The molecule has 124 valence electrons. The van der Waals surface area contributed by atoms with E-state index in [1.54, 1.807) is 0 Å². The van der Waals surface area contributed by atoms with Crippen LogP contribution >= 0.6 is 0 Å². The predicted octanol–water partition coefficient (Wildman–Crippen LogP) is 0.634. The standard InChI is InChI=1S/C15H19N3O5/c1-10(23-14(20)12-8-4-5-9-18(12)22)13(19)17-15(21)16-11-6-2-3-7-11/h4-5,8-11H,2-3,6-7H2,1H3,(H2,16,17,19,21)/t10-/m0/s1. The van der Waals surface area contributed by atoms with Crippen molar-refractivity contribution in [2.45, 2.75) is 44.8 Å². The predicted molar refractivity (Wildman–Crippen MR) is 79.2 cm³/mol. The van der Waals surface area contributed by atoms with Crippen LogP contribution < -0.4 is 15.4 Å². The Kier molecular flexibility index (Phi) is 5.51. The van der Waals surface area contributed by atoms with Gasteiger partial charge in [0, 0.05) is 18.2 Å². The lowest BCUT2D eigenvalue weighted by Gasteiger charge is -2.15. The third kappa shape index (κ3) is 4.67. The lowest BCUT2D eigenvalue weighted by Crippen LogP contribution is -2.47. The molecule has 0 unspecified atom stereocenters. The number of rotatable bonds is 4. The number of nitrogens with zero attached hydrogens (tertiary/aromatic N) is 1. The number of amides is 3. The summed E-state index contributed by atoms with van der Waals surface area (Å²) in [7, 11) is 0. The summed E-state index contributed by atoms with van der Waals surface area (Å²) >= 11 is 0. The van der Waals surface area contributed by atoms with Gasteiger partial charge in [-0.2, -0.15) is 4.73 Å². The highest BCUT2D eigenvalue weighted by Crippen LogP contribution is 2.17. The van der Waals surface area contributed by atoms with Crippen LogP contribution in [0, 0.1) is 5.21 Å². The van der Waals surface area contributed by atoms with E-state index < -0.39 is 24.0 Å². The van der Waals surface area contributed by atoms with Crippen molar-refractivity contribution in [2.75, 3.05) is 0 Å². The maximum atomic E-state index is 11.8. The molecule has 1 atom stereocenters. The number of aromatic nitrogens is 1. The number of pyridine rings is 1. The zero-order valence-corrected chi connectivity index (χ0v) is 12.8. The van der Waals surface area contributed by atoms with Crippen LogP contribution in [-0.2, 0) is 9.53 Å². The minimum atomic E-state index is -1.20. The van der Waals surface area contributed by atoms with Crippen LogP contribution in [0.1, 0.15) is 43.1 Å². The Labute approximate surface area is 133 Å². The second-order valence-electron chi connectivity index (χ2n) is 5.40. The highest BCUT2D eigenvalue weighted by atomic mass is 16.6. The molecule has 0 saturated heterocycles. The quantitative estimate of drug-likeness (QED) is 0.480. The molecule has 1 saturated carbocycles. The Morgan fingerprint density at radius 1 is 1.30 bits per heavy atom. The molecule has 3 amide bonds. The number of urea groups is 1. The summed E-state index contributed by atoms with van der Waals surface area (Å²) in [6.07, 6.45) is 3.85.